The zero-order chi connectivity index (χ0) is 11.7. The van der Waals surface area contributed by atoms with Crippen molar-refractivity contribution in [1.29, 1.82) is 0 Å². The van der Waals surface area contributed by atoms with Crippen molar-refractivity contribution in [3.05, 3.63) is 0 Å². The predicted molar refractivity (Wildman–Crippen MR) is 69.3 cm³/mol. The molecule has 2 nitrogen and oxygen atoms in total. The summed E-state index contributed by atoms with van der Waals surface area (Å²) >= 11 is 0. The van der Waals surface area contributed by atoms with Crippen LogP contribution in [0.4, 0.5) is 0 Å². The van der Waals surface area contributed by atoms with Crippen molar-refractivity contribution in [3.8, 4) is 0 Å². The van der Waals surface area contributed by atoms with Gasteiger partial charge in [-0.15, -0.1) is 0 Å². The molecule has 15 heavy (non-hydrogen) atoms. The molecule has 0 radical (unpaired) electrons. The van der Waals surface area contributed by atoms with Crippen molar-refractivity contribution in [2.75, 3.05) is 27.2 Å². The fourth-order valence-corrected chi connectivity index (χ4v) is 1.79. The highest BCUT2D eigenvalue weighted by Gasteiger charge is 2.12. The highest BCUT2D eigenvalue weighted by atomic mass is 15.1. The first kappa shape index (κ1) is 14.9. The van der Waals surface area contributed by atoms with E-state index in [1.165, 1.54) is 32.2 Å². The topological polar surface area (TPSA) is 15.3 Å². The number of hydrogen-bond donors (Lipinski definition) is 1. The van der Waals surface area contributed by atoms with Gasteiger partial charge in [-0.05, 0) is 39.4 Å². The molecule has 0 spiro atoms. The SMILES string of the molecule is CCCCCNCC(CC(C)C)N(C)C. The van der Waals surface area contributed by atoms with Crippen LogP contribution in [-0.4, -0.2) is 38.1 Å². The van der Waals surface area contributed by atoms with Gasteiger partial charge in [-0.3, -0.25) is 0 Å². The van der Waals surface area contributed by atoms with Crippen molar-refractivity contribution >= 4 is 0 Å². The Kier molecular flexibility index (Phi) is 9.12. The molecule has 0 aliphatic rings. The zero-order valence-electron chi connectivity index (χ0n) is 11.3. The Morgan fingerprint density at radius 1 is 1.13 bits per heavy atom. The first-order valence-electron chi connectivity index (χ1n) is 6.45. The van der Waals surface area contributed by atoms with E-state index in [-0.39, 0.29) is 0 Å². The lowest BCUT2D eigenvalue weighted by atomic mass is 10.0. The molecule has 1 atom stereocenters. The van der Waals surface area contributed by atoms with Gasteiger partial charge >= 0.3 is 0 Å². The van der Waals surface area contributed by atoms with E-state index in [2.05, 4.69) is 45.1 Å². The molecule has 0 aromatic carbocycles. The Balaban J connectivity index is 3.58. The number of likely N-dealkylation sites (N-methyl/N-ethyl adjacent to an activating group) is 1. The Bertz CT molecular complexity index is 132. The van der Waals surface area contributed by atoms with E-state index in [0.717, 1.165) is 12.5 Å². The van der Waals surface area contributed by atoms with Crippen LogP contribution in [0.5, 0.6) is 0 Å². The summed E-state index contributed by atoms with van der Waals surface area (Å²) in [5.74, 6) is 0.787. The first-order valence-corrected chi connectivity index (χ1v) is 6.45. The van der Waals surface area contributed by atoms with Gasteiger partial charge in [0, 0.05) is 12.6 Å². The van der Waals surface area contributed by atoms with Crippen LogP contribution in [0, 0.1) is 5.92 Å². The third-order valence-corrected chi connectivity index (χ3v) is 2.81. The maximum Gasteiger partial charge on any atom is 0.0216 e. The number of nitrogens with zero attached hydrogens (tertiary/aromatic N) is 1. The molecule has 1 N–H and O–H groups in total. The quantitative estimate of drug-likeness (QED) is 0.594. The summed E-state index contributed by atoms with van der Waals surface area (Å²) in [7, 11) is 4.36. The molecule has 0 saturated carbocycles. The Hall–Kier alpha value is -0.0800. The monoisotopic (exact) mass is 214 g/mol. The molecule has 0 aromatic heterocycles. The molecule has 0 bridgehead atoms. The van der Waals surface area contributed by atoms with Crippen molar-refractivity contribution < 1.29 is 0 Å². The number of unbranched alkanes of at least 4 members (excludes halogenated alkanes) is 2. The fourth-order valence-electron chi connectivity index (χ4n) is 1.79. The third-order valence-electron chi connectivity index (χ3n) is 2.81. The molecule has 1 unspecified atom stereocenters. The van der Waals surface area contributed by atoms with E-state index in [1.54, 1.807) is 0 Å². The largest absolute Gasteiger partial charge is 0.315 e. The van der Waals surface area contributed by atoms with Gasteiger partial charge in [0.05, 0.1) is 0 Å². The van der Waals surface area contributed by atoms with Crippen LogP contribution in [0.25, 0.3) is 0 Å². The standard InChI is InChI=1S/C13H30N2/c1-6-7-8-9-14-11-13(15(4)5)10-12(2)3/h12-14H,6-11H2,1-5H3. The molecule has 0 rings (SSSR count). The molecule has 0 aromatic rings. The number of nitrogens with one attached hydrogen (secondary N) is 1. The van der Waals surface area contributed by atoms with Gasteiger partial charge in [0.25, 0.3) is 0 Å². The highest BCUT2D eigenvalue weighted by Crippen LogP contribution is 2.08. The van der Waals surface area contributed by atoms with E-state index >= 15 is 0 Å². The van der Waals surface area contributed by atoms with Crippen molar-refractivity contribution in [3.63, 3.8) is 0 Å². The summed E-state index contributed by atoms with van der Waals surface area (Å²) in [6.07, 6.45) is 5.26. The van der Waals surface area contributed by atoms with Crippen LogP contribution in [-0.2, 0) is 0 Å². The maximum absolute atomic E-state index is 3.57. The van der Waals surface area contributed by atoms with E-state index < -0.39 is 0 Å². The molecular formula is C13H30N2. The molecule has 0 heterocycles. The summed E-state index contributed by atoms with van der Waals surface area (Å²) in [5.41, 5.74) is 0. The second kappa shape index (κ2) is 9.17. The van der Waals surface area contributed by atoms with Crippen LogP contribution in [0.2, 0.25) is 0 Å². The lowest BCUT2D eigenvalue weighted by Gasteiger charge is -2.26. The minimum Gasteiger partial charge on any atom is -0.315 e. The van der Waals surface area contributed by atoms with Crippen molar-refractivity contribution in [1.82, 2.24) is 10.2 Å². The highest BCUT2D eigenvalue weighted by molar-refractivity contribution is 4.70. The summed E-state index contributed by atoms with van der Waals surface area (Å²) < 4.78 is 0. The maximum atomic E-state index is 3.57. The molecule has 0 aliphatic carbocycles. The molecule has 2 heteroatoms. The van der Waals surface area contributed by atoms with E-state index in [0.29, 0.717) is 6.04 Å². The van der Waals surface area contributed by atoms with Crippen LogP contribution in [0.3, 0.4) is 0 Å². The Labute approximate surface area is 96.4 Å². The van der Waals surface area contributed by atoms with Crippen molar-refractivity contribution in [2.45, 2.75) is 52.5 Å². The molecule has 0 amide bonds. The molecule has 0 fully saturated rings. The average molecular weight is 214 g/mol. The summed E-state index contributed by atoms with van der Waals surface area (Å²) in [5, 5.41) is 3.57. The predicted octanol–water partition coefficient (Wildman–Crippen LogP) is 2.74. The lowest BCUT2D eigenvalue weighted by molar-refractivity contribution is 0.247. The van der Waals surface area contributed by atoms with Gasteiger partial charge in [0.2, 0.25) is 0 Å². The smallest absolute Gasteiger partial charge is 0.0216 e. The van der Waals surface area contributed by atoms with Gasteiger partial charge in [-0.1, -0.05) is 33.6 Å². The lowest BCUT2D eigenvalue weighted by Crippen LogP contribution is -2.39. The second-order valence-electron chi connectivity index (χ2n) is 5.16. The average Bonchev–Trinajstić information content (AvgIpc) is 2.15. The van der Waals surface area contributed by atoms with Gasteiger partial charge in [-0.2, -0.15) is 0 Å². The molecule has 0 aliphatic heterocycles. The fraction of sp³-hybridized carbons (Fsp3) is 1.00. The molecular weight excluding hydrogens is 184 g/mol. The van der Waals surface area contributed by atoms with Gasteiger partial charge in [-0.25, -0.2) is 0 Å². The van der Waals surface area contributed by atoms with Gasteiger partial charge in [0.1, 0.15) is 0 Å². The molecule has 0 saturated heterocycles. The minimum absolute atomic E-state index is 0.687. The van der Waals surface area contributed by atoms with Crippen LogP contribution in [0.1, 0.15) is 46.5 Å². The van der Waals surface area contributed by atoms with E-state index in [1.807, 2.05) is 0 Å². The van der Waals surface area contributed by atoms with Gasteiger partial charge in [0.15, 0.2) is 0 Å². The third kappa shape index (κ3) is 8.88. The Morgan fingerprint density at radius 2 is 1.80 bits per heavy atom. The van der Waals surface area contributed by atoms with Gasteiger partial charge < -0.3 is 10.2 Å². The summed E-state index contributed by atoms with van der Waals surface area (Å²) in [6.45, 7) is 9.16. The van der Waals surface area contributed by atoms with E-state index in [9.17, 15) is 0 Å². The second-order valence-corrected chi connectivity index (χ2v) is 5.16. The molecule has 92 valence electrons. The van der Waals surface area contributed by atoms with E-state index in [4.69, 9.17) is 0 Å². The first-order chi connectivity index (χ1) is 7.07. The van der Waals surface area contributed by atoms with Crippen molar-refractivity contribution in [2.24, 2.45) is 5.92 Å². The normalized spacial score (nSPS) is 13.8. The van der Waals surface area contributed by atoms with Crippen LogP contribution < -0.4 is 5.32 Å². The van der Waals surface area contributed by atoms with Crippen LogP contribution >= 0.6 is 0 Å². The Morgan fingerprint density at radius 3 is 2.27 bits per heavy atom. The minimum atomic E-state index is 0.687. The van der Waals surface area contributed by atoms with Crippen LogP contribution in [0.15, 0.2) is 0 Å². The number of rotatable bonds is 9. The zero-order valence-corrected chi connectivity index (χ0v) is 11.3. The number of hydrogen-bond acceptors (Lipinski definition) is 2. The summed E-state index contributed by atoms with van der Waals surface area (Å²) in [4.78, 5) is 2.34. The summed E-state index contributed by atoms with van der Waals surface area (Å²) in [6, 6.07) is 0.687.